The Balaban J connectivity index is 1.91. The van der Waals surface area contributed by atoms with Gasteiger partial charge < -0.3 is 15.5 Å². The third-order valence-electron chi connectivity index (χ3n) is 2.93. The fourth-order valence-electron chi connectivity index (χ4n) is 1.91. The van der Waals surface area contributed by atoms with E-state index in [1.165, 1.54) is 42.3 Å². The molecule has 2 heterocycles. The van der Waals surface area contributed by atoms with Crippen LogP contribution in [0, 0.1) is 0 Å². The van der Waals surface area contributed by atoms with Gasteiger partial charge in [-0.15, -0.1) is 10.2 Å². The number of hydrogen-bond acceptors (Lipinski definition) is 9. The Bertz CT molecular complexity index is 937. The number of hydrogen-bond donors (Lipinski definition) is 2. The second-order valence-corrected chi connectivity index (χ2v) is 6.66. The van der Waals surface area contributed by atoms with Crippen molar-refractivity contribution in [3.05, 3.63) is 39.9 Å². The van der Waals surface area contributed by atoms with Gasteiger partial charge in [-0.3, -0.25) is 4.79 Å². The minimum atomic E-state index is -0.478. The molecule has 0 spiro atoms. The van der Waals surface area contributed by atoms with Crippen LogP contribution in [-0.2, 0) is 10.5 Å². The van der Waals surface area contributed by atoms with Crippen LogP contribution in [0.2, 0.25) is 0 Å². The number of esters is 1. The third-order valence-corrected chi connectivity index (χ3v) is 4.83. The summed E-state index contributed by atoms with van der Waals surface area (Å²) in [6, 6.07) is 4.62. The third kappa shape index (κ3) is 3.32. The lowest BCUT2D eigenvalue weighted by Gasteiger charge is -2.04. The molecule has 3 aromatic rings. The van der Waals surface area contributed by atoms with Gasteiger partial charge in [0.25, 0.3) is 5.56 Å². The monoisotopic (exact) mass is 349 g/mol. The SMILES string of the molecule is COC(=O)c1ccc2c(=O)[nH]c(CSc3nnc(N)s3)nc2c1. The molecule has 0 bridgehead atoms. The predicted molar refractivity (Wildman–Crippen MR) is 87.6 cm³/mol. The van der Waals surface area contributed by atoms with Crippen molar-refractivity contribution < 1.29 is 9.53 Å². The van der Waals surface area contributed by atoms with E-state index in [9.17, 15) is 9.59 Å². The predicted octanol–water partition coefficient (Wildman–Crippen LogP) is 1.44. The first-order valence-electron chi connectivity index (χ1n) is 6.40. The first-order valence-corrected chi connectivity index (χ1v) is 8.20. The van der Waals surface area contributed by atoms with Gasteiger partial charge in [-0.2, -0.15) is 0 Å². The van der Waals surface area contributed by atoms with Gasteiger partial charge in [0.05, 0.1) is 29.3 Å². The Morgan fingerprint density at radius 1 is 1.43 bits per heavy atom. The number of carbonyl (C=O) groups excluding carboxylic acids is 1. The number of carbonyl (C=O) groups is 1. The van der Waals surface area contributed by atoms with Crippen molar-refractivity contribution in [2.75, 3.05) is 12.8 Å². The van der Waals surface area contributed by atoms with E-state index < -0.39 is 5.97 Å². The summed E-state index contributed by atoms with van der Waals surface area (Å²) >= 11 is 2.63. The summed E-state index contributed by atoms with van der Waals surface area (Å²) < 4.78 is 5.36. The number of rotatable bonds is 4. The van der Waals surface area contributed by atoms with Crippen LogP contribution >= 0.6 is 23.1 Å². The second kappa shape index (κ2) is 6.34. The molecule has 8 nitrogen and oxygen atoms in total. The molecule has 2 aromatic heterocycles. The molecular weight excluding hydrogens is 338 g/mol. The smallest absolute Gasteiger partial charge is 0.337 e. The summed E-state index contributed by atoms with van der Waals surface area (Å²) in [6.45, 7) is 0. The number of nitrogens with zero attached hydrogens (tertiary/aromatic N) is 3. The number of aromatic nitrogens is 4. The number of benzene rings is 1. The standard InChI is InChI=1S/C13H11N5O3S2/c1-21-11(20)6-2-3-7-8(4-6)15-9(16-10(7)19)5-22-13-18-17-12(14)23-13/h2-4H,5H2,1H3,(H2,14,17)(H,15,16,19). The average Bonchev–Trinajstić information content (AvgIpc) is 2.97. The van der Waals surface area contributed by atoms with Crippen molar-refractivity contribution in [1.82, 2.24) is 20.2 Å². The number of H-pyrrole nitrogens is 1. The van der Waals surface area contributed by atoms with Gasteiger partial charge in [-0.05, 0) is 18.2 Å². The molecule has 118 valence electrons. The second-order valence-electron chi connectivity index (χ2n) is 4.43. The van der Waals surface area contributed by atoms with Crippen molar-refractivity contribution >= 4 is 45.1 Å². The number of ether oxygens (including phenoxy) is 1. The Morgan fingerprint density at radius 3 is 2.96 bits per heavy atom. The van der Waals surface area contributed by atoms with Crippen molar-refractivity contribution in [3.63, 3.8) is 0 Å². The summed E-state index contributed by atoms with van der Waals surface area (Å²) in [5.74, 6) is 0.403. The van der Waals surface area contributed by atoms with Gasteiger partial charge in [-0.25, -0.2) is 9.78 Å². The van der Waals surface area contributed by atoms with E-state index in [-0.39, 0.29) is 5.56 Å². The molecule has 0 aliphatic rings. The molecule has 0 saturated heterocycles. The van der Waals surface area contributed by atoms with Crippen molar-refractivity contribution in [3.8, 4) is 0 Å². The lowest BCUT2D eigenvalue weighted by atomic mass is 10.1. The van der Waals surface area contributed by atoms with Crippen molar-refractivity contribution in [2.24, 2.45) is 0 Å². The molecule has 0 fully saturated rings. The number of thioether (sulfide) groups is 1. The number of aromatic amines is 1. The maximum absolute atomic E-state index is 12.1. The molecule has 10 heteroatoms. The maximum Gasteiger partial charge on any atom is 0.337 e. The molecule has 3 N–H and O–H groups in total. The summed E-state index contributed by atoms with van der Waals surface area (Å²) in [6.07, 6.45) is 0. The fourth-order valence-corrected chi connectivity index (χ4v) is 3.42. The van der Waals surface area contributed by atoms with Gasteiger partial charge in [0, 0.05) is 0 Å². The molecule has 0 unspecified atom stereocenters. The van der Waals surface area contributed by atoms with E-state index in [1.807, 2.05) is 0 Å². The first-order chi connectivity index (χ1) is 11.1. The van der Waals surface area contributed by atoms with Crippen LogP contribution in [0.4, 0.5) is 5.13 Å². The van der Waals surface area contributed by atoms with E-state index >= 15 is 0 Å². The number of nitrogens with two attached hydrogens (primary N) is 1. The Hall–Kier alpha value is -2.46. The molecule has 0 radical (unpaired) electrons. The van der Waals surface area contributed by atoms with Crippen LogP contribution < -0.4 is 11.3 Å². The maximum atomic E-state index is 12.1. The number of nitrogens with one attached hydrogen (secondary N) is 1. The summed E-state index contributed by atoms with van der Waals surface area (Å²) in [7, 11) is 1.30. The van der Waals surface area contributed by atoms with Crippen LogP contribution in [0.3, 0.4) is 0 Å². The van der Waals surface area contributed by atoms with Gasteiger partial charge in [-0.1, -0.05) is 23.1 Å². The zero-order valence-corrected chi connectivity index (χ0v) is 13.5. The minimum Gasteiger partial charge on any atom is -0.465 e. The molecule has 0 aliphatic carbocycles. The van der Waals surface area contributed by atoms with E-state index in [2.05, 4.69) is 24.9 Å². The van der Waals surface area contributed by atoms with E-state index in [0.717, 1.165) is 0 Å². The number of anilines is 1. The molecule has 1 aromatic carbocycles. The van der Waals surface area contributed by atoms with E-state index in [4.69, 9.17) is 5.73 Å². The quantitative estimate of drug-likeness (QED) is 0.535. The van der Waals surface area contributed by atoms with Gasteiger partial charge in [0.2, 0.25) is 5.13 Å². The van der Waals surface area contributed by atoms with Gasteiger partial charge in [0.1, 0.15) is 5.82 Å². The van der Waals surface area contributed by atoms with Crippen LogP contribution in [0.15, 0.2) is 27.3 Å². The Morgan fingerprint density at radius 2 is 2.26 bits per heavy atom. The Kier molecular flexibility index (Phi) is 4.26. The molecule has 3 rings (SSSR count). The fraction of sp³-hybridized carbons (Fsp3) is 0.154. The Labute approximate surface area is 138 Å². The molecule has 0 atom stereocenters. The van der Waals surface area contributed by atoms with E-state index in [1.54, 1.807) is 6.07 Å². The topological polar surface area (TPSA) is 124 Å². The number of fused-ring (bicyclic) bond motifs is 1. The first kappa shape index (κ1) is 15.4. The highest BCUT2D eigenvalue weighted by Crippen LogP contribution is 2.25. The number of nitrogen functional groups attached to an aromatic ring is 1. The lowest BCUT2D eigenvalue weighted by molar-refractivity contribution is 0.0601. The van der Waals surface area contributed by atoms with Crippen LogP contribution in [0.5, 0.6) is 0 Å². The van der Waals surface area contributed by atoms with Crippen LogP contribution in [0.1, 0.15) is 16.2 Å². The molecule has 0 aliphatic heterocycles. The minimum absolute atomic E-state index is 0.265. The zero-order valence-electron chi connectivity index (χ0n) is 11.9. The number of methoxy groups -OCH3 is 1. The molecule has 23 heavy (non-hydrogen) atoms. The van der Waals surface area contributed by atoms with Crippen LogP contribution in [0.25, 0.3) is 10.9 Å². The van der Waals surface area contributed by atoms with Crippen molar-refractivity contribution in [1.29, 1.82) is 0 Å². The van der Waals surface area contributed by atoms with Gasteiger partial charge in [0.15, 0.2) is 4.34 Å². The van der Waals surface area contributed by atoms with Crippen molar-refractivity contribution in [2.45, 2.75) is 10.1 Å². The zero-order chi connectivity index (χ0) is 16.4. The largest absolute Gasteiger partial charge is 0.465 e. The molecule has 0 amide bonds. The van der Waals surface area contributed by atoms with E-state index in [0.29, 0.717) is 37.5 Å². The summed E-state index contributed by atoms with van der Waals surface area (Å²) in [5, 5.41) is 8.40. The lowest BCUT2D eigenvalue weighted by Crippen LogP contribution is -2.12. The highest BCUT2D eigenvalue weighted by atomic mass is 32.2. The molecular formula is C13H11N5O3S2. The summed E-state index contributed by atoms with van der Waals surface area (Å²) in [4.78, 5) is 30.8. The highest BCUT2D eigenvalue weighted by molar-refractivity contribution is 8.00. The molecule has 0 saturated carbocycles. The average molecular weight is 349 g/mol. The normalized spacial score (nSPS) is 10.8. The summed E-state index contributed by atoms with van der Waals surface area (Å²) in [5.41, 5.74) is 6.03. The van der Waals surface area contributed by atoms with Crippen LogP contribution in [-0.4, -0.2) is 33.2 Å². The highest BCUT2D eigenvalue weighted by Gasteiger charge is 2.10. The van der Waals surface area contributed by atoms with Gasteiger partial charge >= 0.3 is 5.97 Å².